The van der Waals surface area contributed by atoms with Gasteiger partial charge in [-0.3, -0.25) is 14.7 Å². The lowest BCUT2D eigenvalue weighted by atomic mass is 10.0. The van der Waals surface area contributed by atoms with Crippen LogP contribution in [0.25, 0.3) is 11.2 Å². The van der Waals surface area contributed by atoms with Crippen LogP contribution in [0.15, 0.2) is 12.3 Å². The van der Waals surface area contributed by atoms with E-state index < -0.39 is 41.2 Å². The van der Waals surface area contributed by atoms with Crippen LogP contribution in [0, 0.1) is 0 Å². The van der Waals surface area contributed by atoms with Gasteiger partial charge in [0.15, 0.2) is 11.4 Å². The molecule has 0 aromatic carbocycles. The first-order chi connectivity index (χ1) is 18.9. The van der Waals surface area contributed by atoms with Gasteiger partial charge in [0.1, 0.15) is 28.0 Å². The highest BCUT2D eigenvalue weighted by atomic mass is 19.4. The van der Waals surface area contributed by atoms with E-state index in [1.807, 2.05) is 13.8 Å². The molecule has 1 saturated heterocycles. The summed E-state index contributed by atoms with van der Waals surface area (Å²) < 4.78 is 60.4. The number of hydrogen-bond donors (Lipinski definition) is 0. The largest absolute Gasteiger partial charge is 0.444 e. The van der Waals surface area contributed by atoms with Crippen molar-refractivity contribution >= 4 is 23.0 Å². The maximum atomic E-state index is 13.7. The highest BCUT2D eigenvalue weighted by molar-refractivity contribution is 5.95. The summed E-state index contributed by atoms with van der Waals surface area (Å²) in [5.74, 6) is -0.269. The van der Waals surface area contributed by atoms with Crippen molar-refractivity contribution in [1.29, 1.82) is 0 Å². The third kappa shape index (κ3) is 6.38. The van der Waals surface area contributed by atoms with Crippen LogP contribution in [0.1, 0.15) is 96.8 Å². The first-order valence-corrected chi connectivity index (χ1v) is 14.1. The van der Waals surface area contributed by atoms with E-state index in [9.17, 15) is 22.8 Å². The van der Waals surface area contributed by atoms with Crippen molar-refractivity contribution < 1.29 is 37.0 Å². The average molecular weight is 583 g/mol. The molecule has 2 aromatic heterocycles. The van der Waals surface area contributed by atoms with Gasteiger partial charge < -0.3 is 18.8 Å². The molecule has 4 rings (SSSR count). The Morgan fingerprint density at radius 1 is 1.20 bits per heavy atom. The molecule has 2 aromatic rings. The van der Waals surface area contributed by atoms with Crippen molar-refractivity contribution in [3.8, 4) is 0 Å². The molecule has 228 valence electrons. The number of aromatic nitrogens is 3. The fraction of sp³-hybridized carbons (Fsp3) is 0.724. The van der Waals surface area contributed by atoms with E-state index in [1.165, 1.54) is 23.9 Å². The first kappa shape index (κ1) is 31.2. The number of carbonyl (C=O) groups excluding carboxylic acids is 2. The lowest BCUT2D eigenvalue weighted by Gasteiger charge is -2.38. The van der Waals surface area contributed by atoms with Crippen LogP contribution in [-0.4, -0.2) is 73.7 Å². The van der Waals surface area contributed by atoms with Crippen molar-refractivity contribution in [3.05, 3.63) is 23.7 Å². The van der Waals surface area contributed by atoms with E-state index in [0.717, 1.165) is 0 Å². The van der Waals surface area contributed by atoms with Crippen LogP contribution in [0.2, 0.25) is 0 Å². The maximum Gasteiger partial charge on any atom is 0.412 e. The van der Waals surface area contributed by atoms with E-state index >= 15 is 0 Å². The molecule has 9 nitrogen and oxygen atoms in total. The van der Waals surface area contributed by atoms with Crippen molar-refractivity contribution in [3.63, 3.8) is 0 Å². The Balaban J connectivity index is 1.47. The van der Waals surface area contributed by atoms with Gasteiger partial charge in [-0.25, -0.2) is 9.78 Å². The second-order valence-corrected chi connectivity index (χ2v) is 12.8. The number of fused-ring (bicyclic) bond motifs is 1. The molecule has 1 amide bonds. The topological polar surface area (TPSA) is 95.8 Å². The quantitative estimate of drug-likeness (QED) is 0.331. The molecule has 2 aliphatic rings. The minimum Gasteiger partial charge on any atom is -0.444 e. The molecule has 0 spiro atoms. The standard InChI is InChI=1S/C29H41F3N4O5/c1-17(2)40-22(20-16-39-27(6,7)36(20)25(38)41-26(3,4)5)11-9-10-21(37)19-15-33-18-14-23(35(8)24(18)34-19)28(12-13-28)29(30,31)32/h14-15,17,20,22H,9-13,16H2,1-8H3/t20-,22+/m0/s1. The maximum absolute atomic E-state index is 13.7. The van der Waals surface area contributed by atoms with E-state index in [1.54, 1.807) is 39.5 Å². The molecule has 0 radical (unpaired) electrons. The minimum atomic E-state index is -4.36. The number of rotatable bonds is 9. The third-order valence-electron chi connectivity index (χ3n) is 7.68. The van der Waals surface area contributed by atoms with Gasteiger partial charge in [-0.15, -0.1) is 0 Å². The Bertz CT molecular complexity index is 1290. The summed E-state index contributed by atoms with van der Waals surface area (Å²) in [6.07, 6.45) is -3.00. The Morgan fingerprint density at radius 2 is 1.85 bits per heavy atom. The molecule has 1 saturated carbocycles. The number of alkyl halides is 3. The number of ketones is 1. The van der Waals surface area contributed by atoms with E-state index in [2.05, 4.69) is 9.97 Å². The molecule has 0 bridgehead atoms. The second-order valence-electron chi connectivity index (χ2n) is 12.8. The number of carbonyl (C=O) groups is 2. The number of hydrogen-bond acceptors (Lipinski definition) is 7. The van der Waals surface area contributed by atoms with Crippen LogP contribution in [0.3, 0.4) is 0 Å². The van der Waals surface area contributed by atoms with Crippen molar-refractivity contribution in [2.75, 3.05) is 6.61 Å². The molecule has 3 heterocycles. The molecule has 2 atom stereocenters. The first-order valence-electron chi connectivity index (χ1n) is 14.1. The molecular formula is C29H41F3N4O5. The number of Topliss-reactive ketones (excluding diaryl/α,β-unsaturated/α-hetero) is 1. The molecule has 2 fully saturated rings. The summed E-state index contributed by atoms with van der Waals surface area (Å²) in [5.41, 5.74) is -2.66. The average Bonchev–Trinajstić information content (AvgIpc) is 3.50. The van der Waals surface area contributed by atoms with Crippen molar-refractivity contribution in [2.24, 2.45) is 7.05 Å². The van der Waals surface area contributed by atoms with Gasteiger partial charge in [0.05, 0.1) is 31.1 Å². The molecule has 1 aliphatic heterocycles. The van der Waals surface area contributed by atoms with Gasteiger partial charge in [-0.1, -0.05) is 0 Å². The third-order valence-corrected chi connectivity index (χ3v) is 7.68. The molecule has 1 aliphatic carbocycles. The van der Waals surface area contributed by atoms with Crippen LogP contribution >= 0.6 is 0 Å². The number of aryl methyl sites for hydroxylation is 1. The van der Waals surface area contributed by atoms with Crippen molar-refractivity contribution in [1.82, 2.24) is 19.4 Å². The molecule has 41 heavy (non-hydrogen) atoms. The zero-order chi connectivity index (χ0) is 30.5. The Labute approximate surface area is 238 Å². The Hall–Kier alpha value is -2.73. The second kappa shape index (κ2) is 10.8. The Morgan fingerprint density at radius 3 is 2.41 bits per heavy atom. The van der Waals surface area contributed by atoms with Crippen LogP contribution in [0.4, 0.5) is 18.0 Å². The Kier molecular flexibility index (Phi) is 8.25. The number of nitrogens with zero attached hydrogens (tertiary/aromatic N) is 4. The van der Waals surface area contributed by atoms with Gasteiger partial charge in [0.2, 0.25) is 0 Å². The van der Waals surface area contributed by atoms with Gasteiger partial charge in [-0.2, -0.15) is 13.2 Å². The highest BCUT2D eigenvalue weighted by Crippen LogP contribution is 2.59. The highest BCUT2D eigenvalue weighted by Gasteiger charge is 2.65. The van der Waals surface area contributed by atoms with Gasteiger partial charge >= 0.3 is 12.3 Å². The van der Waals surface area contributed by atoms with Gasteiger partial charge in [0.25, 0.3) is 0 Å². The zero-order valence-corrected chi connectivity index (χ0v) is 25.1. The predicted molar refractivity (Wildman–Crippen MR) is 146 cm³/mol. The van der Waals surface area contributed by atoms with Crippen LogP contribution < -0.4 is 0 Å². The SMILES string of the molecule is CC(C)O[C@H](CCCC(=O)c1cnc2cc(C3(C(F)(F)F)CC3)n(C)c2n1)[C@@H]1COC(C)(C)N1C(=O)OC(C)(C)C. The number of halogens is 3. The van der Waals surface area contributed by atoms with Crippen LogP contribution in [-0.2, 0) is 26.7 Å². The van der Waals surface area contributed by atoms with Crippen LogP contribution in [0.5, 0.6) is 0 Å². The molecule has 12 heteroatoms. The zero-order valence-electron chi connectivity index (χ0n) is 25.1. The van der Waals surface area contributed by atoms with E-state index in [-0.39, 0.29) is 54.8 Å². The van der Waals surface area contributed by atoms with E-state index in [0.29, 0.717) is 18.4 Å². The summed E-state index contributed by atoms with van der Waals surface area (Å²) in [4.78, 5) is 36.5. The number of ether oxygens (including phenoxy) is 3. The van der Waals surface area contributed by atoms with Gasteiger partial charge in [0, 0.05) is 19.2 Å². The summed E-state index contributed by atoms with van der Waals surface area (Å²) in [5, 5.41) is 0. The molecule has 0 N–H and O–H groups in total. The number of amides is 1. The summed E-state index contributed by atoms with van der Waals surface area (Å²) in [7, 11) is 1.53. The summed E-state index contributed by atoms with van der Waals surface area (Å²) in [6.45, 7) is 13.1. The molecular weight excluding hydrogens is 541 g/mol. The van der Waals surface area contributed by atoms with E-state index in [4.69, 9.17) is 14.2 Å². The fourth-order valence-electron chi connectivity index (χ4n) is 5.55. The normalized spacial score (nSPS) is 21.0. The lowest BCUT2D eigenvalue weighted by Crippen LogP contribution is -2.54. The lowest BCUT2D eigenvalue weighted by molar-refractivity contribution is -0.162. The summed E-state index contributed by atoms with van der Waals surface area (Å²) in [6, 6.07) is 1.01. The monoisotopic (exact) mass is 582 g/mol. The molecule has 0 unspecified atom stereocenters. The summed E-state index contributed by atoms with van der Waals surface area (Å²) >= 11 is 0. The van der Waals surface area contributed by atoms with Gasteiger partial charge in [-0.05, 0) is 80.2 Å². The fourth-order valence-corrected chi connectivity index (χ4v) is 5.55. The minimum absolute atomic E-state index is 0.0284. The predicted octanol–water partition coefficient (Wildman–Crippen LogP) is 6.08. The van der Waals surface area contributed by atoms with Crippen molar-refractivity contribution in [2.45, 2.75) is 122 Å². The smallest absolute Gasteiger partial charge is 0.412 e.